The zero-order valence-corrected chi connectivity index (χ0v) is 13.4. The first-order chi connectivity index (χ1) is 11.1. The van der Waals surface area contributed by atoms with Gasteiger partial charge < -0.3 is 15.0 Å². The molecule has 2 N–H and O–H groups in total. The summed E-state index contributed by atoms with van der Waals surface area (Å²) in [5.41, 5.74) is 0.171. The van der Waals surface area contributed by atoms with E-state index >= 15 is 0 Å². The van der Waals surface area contributed by atoms with Crippen molar-refractivity contribution in [2.45, 2.75) is 18.4 Å². The fourth-order valence-electron chi connectivity index (χ4n) is 3.12. The third-order valence-corrected chi connectivity index (χ3v) is 5.58. The fourth-order valence-corrected chi connectivity index (χ4v) is 4.11. The highest BCUT2D eigenvalue weighted by Gasteiger charge is 2.48. The molecule has 1 aromatic heterocycles. The summed E-state index contributed by atoms with van der Waals surface area (Å²) in [6.07, 6.45) is 1.17. The van der Waals surface area contributed by atoms with Crippen LogP contribution in [-0.4, -0.2) is 42.7 Å². The van der Waals surface area contributed by atoms with Crippen LogP contribution in [0.1, 0.15) is 12.8 Å². The quantitative estimate of drug-likeness (QED) is 0.814. The largest absolute Gasteiger partial charge is 0.497 e. The normalized spacial score (nSPS) is 20.0. The molecule has 0 radical (unpaired) electrons. The third-order valence-electron chi connectivity index (χ3n) is 4.49. The molecule has 3 amide bonds. The highest BCUT2D eigenvalue weighted by atomic mass is 32.1. The van der Waals surface area contributed by atoms with Crippen molar-refractivity contribution in [2.24, 2.45) is 0 Å². The highest BCUT2D eigenvalue weighted by molar-refractivity contribution is 7.22. The summed E-state index contributed by atoms with van der Waals surface area (Å²) in [7, 11) is 1.64. The van der Waals surface area contributed by atoms with Gasteiger partial charge >= 0.3 is 6.03 Å². The Bertz CT molecular complexity index is 795. The number of piperidine rings is 1. The van der Waals surface area contributed by atoms with E-state index < -0.39 is 11.6 Å². The van der Waals surface area contributed by atoms with Crippen molar-refractivity contribution < 1.29 is 14.3 Å². The van der Waals surface area contributed by atoms with Gasteiger partial charge in [-0.25, -0.2) is 9.78 Å². The average Bonchev–Trinajstić information content (AvgIpc) is 3.08. The zero-order valence-electron chi connectivity index (χ0n) is 12.6. The molecular weight excluding hydrogens is 316 g/mol. The number of ether oxygens (including phenoxy) is 1. The van der Waals surface area contributed by atoms with Gasteiger partial charge in [-0.1, -0.05) is 11.3 Å². The summed E-state index contributed by atoms with van der Waals surface area (Å²) in [4.78, 5) is 30.2. The maximum Gasteiger partial charge on any atom is 0.322 e. The first kappa shape index (κ1) is 14.3. The van der Waals surface area contributed by atoms with Crippen LogP contribution >= 0.6 is 11.3 Å². The van der Waals surface area contributed by atoms with E-state index in [0.29, 0.717) is 25.9 Å². The molecule has 2 fully saturated rings. The third kappa shape index (κ3) is 2.29. The number of methoxy groups -OCH3 is 1. The Kier molecular flexibility index (Phi) is 3.15. The first-order valence-electron chi connectivity index (χ1n) is 7.43. The van der Waals surface area contributed by atoms with E-state index in [2.05, 4.69) is 20.5 Å². The lowest BCUT2D eigenvalue weighted by atomic mass is 9.88. The van der Waals surface area contributed by atoms with Crippen LogP contribution in [0.5, 0.6) is 5.75 Å². The summed E-state index contributed by atoms with van der Waals surface area (Å²) < 4.78 is 6.33. The number of anilines is 1. The van der Waals surface area contributed by atoms with E-state index in [1.165, 1.54) is 0 Å². The van der Waals surface area contributed by atoms with Crippen molar-refractivity contribution in [3.05, 3.63) is 18.2 Å². The van der Waals surface area contributed by atoms with E-state index in [1.807, 2.05) is 18.2 Å². The van der Waals surface area contributed by atoms with Crippen LogP contribution in [0.15, 0.2) is 18.2 Å². The molecule has 4 rings (SSSR count). The number of rotatable bonds is 2. The van der Waals surface area contributed by atoms with Gasteiger partial charge in [-0.2, -0.15) is 0 Å². The Morgan fingerprint density at radius 1 is 1.30 bits per heavy atom. The standard InChI is InChI=1S/C15H16N4O3S/c1-22-9-2-3-11-10(8-9)16-14(23-11)19-6-4-15(5-7-19)12(20)17-13(21)18-15/h2-3,8H,4-7H2,1H3,(H2,17,18,20,21). The second-order valence-electron chi connectivity index (χ2n) is 5.81. The molecule has 0 saturated carbocycles. The summed E-state index contributed by atoms with van der Waals surface area (Å²) in [6, 6.07) is 5.46. The molecule has 0 unspecified atom stereocenters. The number of carbonyl (C=O) groups is 2. The molecule has 2 aliphatic rings. The number of nitrogens with zero attached hydrogens (tertiary/aromatic N) is 2. The molecule has 1 spiro atoms. The second-order valence-corrected chi connectivity index (χ2v) is 6.82. The average molecular weight is 332 g/mol. The van der Waals surface area contributed by atoms with Crippen LogP contribution < -0.4 is 20.3 Å². The number of nitrogens with one attached hydrogen (secondary N) is 2. The van der Waals surface area contributed by atoms with E-state index in [9.17, 15) is 9.59 Å². The van der Waals surface area contributed by atoms with Gasteiger partial charge in [0.05, 0.1) is 17.3 Å². The predicted octanol–water partition coefficient (Wildman–Crippen LogP) is 1.48. The Balaban J connectivity index is 1.54. The lowest BCUT2D eigenvalue weighted by molar-refractivity contribution is -0.124. The molecule has 0 aliphatic carbocycles. The van der Waals surface area contributed by atoms with Crippen LogP contribution in [0.3, 0.4) is 0 Å². The van der Waals surface area contributed by atoms with Gasteiger partial charge in [0, 0.05) is 19.2 Å². The van der Waals surface area contributed by atoms with Gasteiger partial charge in [0.25, 0.3) is 5.91 Å². The van der Waals surface area contributed by atoms with Gasteiger partial charge in [0.2, 0.25) is 0 Å². The molecule has 8 heteroatoms. The monoisotopic (exact) mass is 332 g/mol. The maximum absolute atomic E-state index is 12.0. The van der Waals surface area contributed by atoms with Crippen LogP contribution in [0, 0.1) is 0 Å². The molecule has 1 aromatic carbocycles. The first-order valence-corrected chi connectivity index (χ1v) is 8.24. The van der Waals surface area contributed by atoms with Gasteiger partial charge in [-0.15, -0.1) is 0 Å². The fraction of sp³-hybridized carbons (Fsp3) is 0.400. The summed E-state index contributed by atoms with van der Waals surface area (Å²) in [6.45, 7) is 1.37. The number of aromatic nitrogens is 1. The van der Waals surface area contributed by atoms with Crippen molar-refractivity contribution in [2.75, 3.05) is 25.1 Å². The number of hydrogen-bond acceptors (Lipinski definition) is 6. The molecule has 3 heterocycles. The minimum absolute atomic E-state index is 0.212. The predicted molar refractivity (Wildman–Crippen MR) is 87.0 cm³/mol. The Hall–Kier alpha value is -2.35. The number of hydrogen-bond donors (Lipinski definition) is 2. The van der Waals surface area contributed by atoms with Crippen LogP contribution in [0.4, 0.5) is 9.93 Å². The van der Waals surface area contributed by atoms with E-state index in [0.717, 1.165) is 21.1 Å². The van der Waals surface area contributed by atoms with Gasteiger partial charge in [0.1, 0.15) is 11.3 Å². The maximum atomic E-state index is 12.0. The molecule has 2 saturated heterocycles. The summed E-state index contributed by atoms with van der Waals surface area (Å²) in [5, 5.41) is 6.04. The molecule has 0 atom stereocenters. The lowest BCUT2D eigenvalue weighted by Crippen LogP contribution is -2.54. The van der Waals surface area contributed by atoms with Gasteiger partial charge in [0.15, 0.2) is 5.13 Å². The second kappa shape index (κ2) is 5.09. The number of thiazole rings is 1. The Labute approximate surface area is 136 Å². The lowest BCUT2D eigenvalue weighted by Gasteiger charge is -2.36. The SMILES string of the molecule is COc1ccc2sc(N3CCC4(CC3)NC(=O)NC4=O)nc2c1. The van der Waals surface area contributed by atoms with Crippen LogP contribution in [0.2, 0.25) is 0 Å². The number of amides is 3. The molecule has 120 valence electrons. The highest BCUT2D eigenvalue weighted by Crippen LogP contribution is 2.34. The minimum atomic E-state index is -0.743. The molecule has 7 nitrogen and oxygen atoms in total. The Morgan fingerprint density at radius 2 is 2.09 bits per heavy atom. The number of benzene rings is 1. The zero-order chi connectivity index (χ0) is 16.0. The van der Waals surface area contributed by atoms with E-state index in [-0.39, 0.29) is 5.91 Å². The van der Waals surface area contributed by atoms with Crippen molar-refractivity contribution in [3.63, 3.8) is 0 Å². The van der Waals surface area contributed by atoms with Gasteiger partial charge in [-0.05, 0) is 25.0 Å². The van der Waals surface area contributed by atoms with E-state index in [4.69, 9.17) is 4.74 Å². The summed E-state index contributed by atoms with van der Waals surface area (Å²) >= 11 is 1.63. The molecule has 2 aliphatic heterocycles. The molecule has 23 heavy (non-hydrogen) atoms. The molecule has 0 bridgehead atoms. The Morgan fingerprint density at radius 3 is 2.74 bits per heavy atom. The molecular formula is C15H16N4O3S. The topological polar surface area (TPSA) is 83.6 Å². The molecule has 2 aromatic rings. The van der Waals surface area contributed by atoms with Crippen molar-refractivity contribution in [3.8, 4) is 5.75 Å². The van der Waals surface area contributed by atoms with Crippen LogP contribution in [-0.2, 0) is 4.79 Å². The van der Waals surface area contributed by atoms with Crippen LogP contribution in [0.25, 0.3) is 10.2 Å². The van der Waals surface area contributed by atoms with Crippen molar-refractivity contribution in [1.29, 1.82) is 0 Å². The number of fused-ring (bicyclic) bond motifs is 1. The van der Waals surface area contributed by atoms with Gasteiger partial charge in [-0.3, -0.25) is 10.1 Å². The summed E-state index contributed by atoms with van der Waals surface area (Å²) in [5.74, 6) is 0.577. The number of imide groups is 1. The van der Waals surface area contributed by atoms with E-state index in [1.54, 1.807) is 18.4 Å². The number of carbonyl (C=O) groups excluding carboxylic acids is 2. The van der Waals surface area contributed by atoms with Crippen molar-refractivity contribution in [1.82, 2.24) is 15.6 Å². The van der Waals surface area contributed by atoms with Crippen molar-refractivity contribution >= 4 is 38.6 Å². The minimum Gasteiger partial charge on any atom is -0.497 e. The number of urea groups is 1. The smallest absolute Gasteiger partial charge is 0.322 e.